The Morgan fingerprint density at radius 1 is 0.971 bits per heavy atom. The molecule has 2 aromatic carbocycles. The highest BCUT2D eigenvalue weighted by atomic mass is 19.4. The summed E-state index contributed by atoms with van der Waals surface area (Å²) >= 11 is 0. The third-order valence-corrected chi connectivity index (χ3v) is 5.85. The fourth-order valence-electron chi connectivity index (χ4n) is 3.85. The van der Waals surface area contributed by atoms with E-state index in [4.69, 9.17) is 4.52 Å². The van der Waals surface area contributed by atoms with Gasteiger partial charge in [0.2, 0.25) is 0 Å². The molecular weight excluding hydrogens is 459 g/mol. The van der Waals surface area contributed by atoms with Crippen LogP contribution in [0.25, 0.3) is 5.69 Å². The van der Waals surface area contributed by atoms with Crippen molar-refractivity contribution < 1.29 is 27.3 Å². The van der Waals surface area contributed by atoms with E-state index in [-0.39, 0.29) is 29.9 Å². The van der Waals surface area contributed by atoms with E-state index in [2.05, 4.69) is 10.1 Å². The predicted octanol–water partition coefficient (Wildman–Crippen LogP) is 5.66. The van der Waals surface area contributed by atoms with Gasteiger partial charge < -0.3 is 9.09 Å². The lowest BCUT2D eigenvalue weighted by Gasteiger charge is -2.14. The second-order valence-electron chi connectivity index (χ2n) is 8.43. The summed E-state index contributed by atoms with van der Waals surface area (Å²) in [5.41, 5.74) is 2.45. The summed E-state index contributed by atoms with van der Waals surface area (Å²) in [6.07, 6.45) is -0.344. The van der Waals surface area contributed by atoms with Gasteiger partial charge in [0.25, 0.3) is 0 Å². The Labute approximate surface area is 199 Å². The molecule has 0 amide bonds. The fourth-order valence-corrected chi connectivity index (χ4v) is 3.85. The van der Waals surface area contributed by atoms with Crippen LogP contribution in [-0.2, 0) is 19.0 Å². The minimum Gasteiger partial charge on any atom is -0.361 e. The molecule has 0 fully saturated rings. The van der Waals surface area contributed by atoms with Crippen LogP contribution in [0.5, 0.6) is 0 Å². The Bertz CT molecular complexity index is 1420. The standard InChI is InChI=1S/C26H22F3N3O3/c1-15-4-5-18(6-19(15)10-25(34)23-13-31-35-17(23)3)7-24(33)20-8-21(26(27,28)29)11-22(9-20)32-14-30-12-16(32)2/h4-6,8-9,11-14H,7,10H2,1-3H3. The number of benzene rings is 2. The van der Waals surface area contributed by atoms with Crippen molar-refractivity contribution in [3.05, 3.63) is 100.0 Å². The molecule has 0 saturated heterocycles. The first kappa shape index (κ1) is 24.1. The summed E-state index contributed by atoms with van der Waals surface area (Å²) in [6, 6.07) is 8.56. The quantitative estimate of drug-likeness (QED) is 0.319. The lowest BCUT2D eigenvalue weighted by Crippen LogP contribution is -2.12. The van der Waals surface area contributed by atoms with Crippen LogP contribution in [0.1, 0.15) is 54.4 Å². The van der Waals surface area contributed by atoms with E-state index < -0.39 is 17.5 Å². The number of nitrogens with zero attached hydrogens (tertiary/aromatic N) is 3. The third kappa shape index (κ3) is 5.24. The molecule has 0 atom stereocenters. The second kappa shape index (κ2) is 9.32. The van der Waals surface area contributed by atoms with Crippen LogP contribution in [0.3, 0.4) is 0 Å². The van der Waals surface area contributed by atoms with Crippen molar-refractivity contribution in [2.75, 3.05) is 0 Å². The second-order valence-corrected chi connectivity index (χ2v) is 8.43. The fraction of sp³-hybridized carbons (Fsp3) is 0.231. The Morgan fingerprint density at radius 2 is 1.74 bits per heavy atom. The molecule has 0 unspecified atom stereocenters. The zero-order valence-electron chi connectivity index (χ0n) is 19.3. The van der Waals surface area contributed by atoms with Crippen LogP contribution in [-0.4, -0.2) is 26.3 Å². The number of carbonyl (C=O) groups is 2. The molecule has 4 aromatic rings. The summed E-state index contributed by atoms with van der Waals surface area (Å²) in [5.74, 6) is -0.216. The monoisotopic (exact) mass is 481 g/mol. The van der Waals surface area contributed by atoms with Gasteiger partial charge in [-0.2, -0.15) is 13.2 Å². The van der Waals surface area contributed by atoms with Gasteiger partial charge in [-0.25, -0.2) is 4.98 Å². The number of rotatable bonds is 7. The number of Topliss-reactive ketones (excluding diaryl/α,β-unsaturated/α-hetero) is 2. The lowest BCUT2D eigenvalue weighted by atomic mass is 9.94. The van der Waals surface area contributed by atoms with Gasteiger partial charge in [0.1, 0.15) is 5.76 Å². The maximum absolute atomic E-state index is 13.6. The number of carbonyl (C=O) groups excluding carboxylic acids is 2. The van der Waals surface area contributed by atoms with Gasteiger partial charge in [0.05, 0.1) is 23.7 Å². The average molecular weight is 481 g/mol. The number of alkyl halides is 3. The van der Waals surface area contributed by atoms with Gasteiger partial charge in [-0.15, -0.1) is 0 Å². The number of halogens is 3. The first-order valence-electron chi connectivity index (χ1n) is 10.8. The molecule has 180 valence electrons. The Kier molecular flexibility index (Phi) is 6.43. The maximum atomic E-state index is 13.6. The molecule has 0 saturated carbocycles. The molecule has 9 heteroatoms. The number of imidazole rings is 1. The van der Waals surface area contributed by atoms with E-state index in [1.807, 2.05) is 6.92 Å². The van der Waals surface area contributed by atoms with E-state index >= 15 is 0 Å². The molecule has 0 aliphatic heterocycles. The van der Waals surface area contributed by atoms with Crippen LogP contribution in [0.15, 0.2) is 59.6 Å². The summed E-state index contributed by atoms with van der Waals surface area (Å²) < 4.78 is 47.1. The summed E-state index contributed by atoms with van der Waals surface area (Å²) in [6.45, 7) is 5.21. The van der Waals surface area contributed by atoms with Gasteiger partial charge in [-0.05, 0) is 55.7 Å². The molecule has 0 N–H and O–H groups in total. The smallest absolute Gasteiger partial charge is 0.361 e. The number of ketones is 2. The largest absolute Gasteiger partial charge is 0.416 e. The third-order valence-electron chi connectivity index (χ3n) is 5.85. The first-order chi connectivity index (χ1) is 16.5. The van der Waals surface area contributed by atoms with Crippen molar-refractivity contribution in [1.82, 2.24) is 14.7 Å². The van der Waals surface area contributed by atoms with Crippen molar-refractivity contribution >= 4 is 11.6 Å². The van der Waals surface area contributed by atoms with Gasteiger partial charge >= 0.3 is 6.18 Å². The molecule has 0 aliphatic carbocycles. The minimum absolute atomic E-state index is 0.0544. The van der Waals surface area contributed by atoms with Crippen LogP contribution in [0.2, 0.25) is 0 Å². The topological polar surface area (TPSA) is 78.0 Å². The average Bonchev–Trinajstić information content (AvgIpc) is 3.43. The molecule has 4 rings (SSSR count). The SMILES string of the molecule is Cc1ccc(CC(=O)c2cc(-n3cncc3C)cc(C(F)(F)F)c2)cc1CC(=O)c1cnoc1C. The molecule has 35 heavy (non-hydrogen) atoms. The van der Waals surface area contributed by atoms with Crippen LogP contribution >= 0.6 is 0 Å². The van der Waals surface area contributed by atoms with Crippen LogP contribution < -0.4 is 0 Å². The first-order valence-corrected chi connectivity index (χ1v) is 10.8. The zero-order valence-corrected chi connectivity index (χ0v) is 19.3. The lowest BCUT2D eigenvalue weighted by molar-refractivity contribution is -0.137. The number of hydrogen-bond donors (Lipinski definition) is 0. The van der Waals surface area contributed by atoms with Gasteiger partial charge in [-0.3, -0.25) is 9.59 Å². The summed E-state index contributed by atoms with van der Waals surface area (Å²) in [4.78, 5) is 29.7. The van der Waals surface area contributed by atoms with Crippen LogP contribution in [0, 0.1) is 20.8 Å². The zero-order chi connectivity index (χ0) is 25.3. The molecule has 0 radical (unpaired) electrons. The Hall–Kier alpha value is -4.01. The molecule has 6 nitrogen and oxygen atoms in total. The maximum Gasteiger partial charge on any atom is 0.416 e. The molecule has 2 heterocycles. The molecular formula is C26H22F3N3O3. The highest BCUT2D eigenvalue weighted by Crippen LogP contribution is 2.32. The summed E-state index contributed by atoms with van der Waals surface area (Å²) in [7, 11) is 0. The number of hydrogen-bond acceptors (Lipinski definition) is 5. The highest BCUT2D eigenvalue weighted by Gasteiger charge is 2.32. The Morgan fingerprint density at radius 3 is 2.37 bits per heavy atom. The number of aryl methyl sites for hydroxylation is 3. The van der Waals surface area contributed by atoms with Crippen molar-refractivity contribution in [1.29, 1.82) is 0 Å². The van der Waals surface area contributed by atoms with E-state index in [9.17, 15) is 22.8 Å². The van der Waals surface area contributed by atoms with Gasteiger partial charge in [0.15, 0.2) is 11.6 Å². The van der Waals surface area contributed by atoms with E-state index in [1.165, 1.54) is 29.4 Å². The normalized spacial score (nSPS) is 11.6. The van der Waals surface area contributed by atoms with Crippen molar-refractivity contribution in [2.45, 2.75) is 39.8 Å². The molecule has 2 aromatic heterocycles. The Balaban J connectivity index is 1.62. The summed E-state index contributed by atoms with van der Waals surface area (Å²) in [5, 5.41) is 3.63. The van der Waals surface area contributed by atoms with E-state index in [0.29, 0.717) is 22.6 Å². The van der Waals surface area contributed by atoms with Crippen molar-refractivity contribution in [2.24, 2.45) is 0 Å². The minimum atomic E-state index is -4.61. The van der Waals surface area contributed by atoms with Crippen molar-refractivity contribution in [3.8, 4) is 5.69 Å². The molecule has 0 bridgehead atoms. The van der Waals surface area contributed by atoms with Gasteiger partial charge in [-0.1, -0.05) is 23.4 Å². The predicted molar refractivity (Wildman–Crippen MR) is 122 cm³/mol. The van der Waals surface area contributed by atoms with Crippen molar-refractivity contribution in [3.63, 3.8) is 0 Å². The van der Waals surface area contributed by atoms with Crippen LogP contribution in [0.4, 0.5) is 13.2 Å². The molecule has 0 spiro atoms. The van der Waals surface area contributed by atoms with Gasteiger partial charge in [0, 0.05) is 36.0 Å². The number of aromatic nitrogens is 3. The van der Waals surface area contributed by atoms with E-state index in [1.54, 1.807) is 32.0 Å². The van der Waals surface area contributed by atoms with E-state index in [0.717, 1.165) is 23.3 Å². The molecule has 0 aliphatic rings. The highest BCUT2D eigenvalue weighted by molar-refractivity contribution is 5.99.